The van der Waals surface area contributed by atoms with E-state index in [1.54, 1.807) is 0 Å². The fourth-order valence-corrected chi connectivity index (χ4v) is 2.97. The maximum absolute atomic E-state index is 3.50. The zero-order chi connectivity index (χ0) is 13.4. The zero-order valence-corrected chi connectivity index (χ0v) is 13.0. The van der Waals surface area contributed by atoms with Crippen LogP contribution in [0.2, 0.25) is 0 Å². The number of nitrogens with zero attached hydrogens (tertiary/aromatic N) is 1. The van der Waals surface area contributed by atoms with Crippen LogP contribution in [0.15, 0.2) is 0 Å². The summed E-state index contributed by atoms with van der Waals surface area (Å²) < 4.78 is 0. The van der Waals surface area contributed by atoms with Gasteiger partial charge < -0.3 is 10.2 Å². The van der Waals surface area contributed by atoms with Gasteiger partial charge in [0.1, 0.15) is 0 Å². The summed E-state index contributed by atoms with van der Waals surface area (Å²) in [6.45, 7) is 9.31. The monoisotopic (exact) mass is 254 g/mol. The van der Waals surface area contributed by atoms with Crippen LogP contribution in [0.4, 0.5) is 0 Å². The Labute approximate surface area is 115 Å². The first kappa shape index (κ1) is 16.0. The molecule has 0 radical (unpaired) electrons. The molecule has 0 saturated heterocycles. The molecule has 108 valence electrons. The molecule has 2 heteroatoms. The molecule has 0 bridgehead atoms. The van der Waals surface area contributed by atoms with E-state index in [-0.39, 0.29) is 0 Å². The highest BCUT2D eigenvalue weighted by molar-refractivity contribution is 4.72. The quantitative estimate of drug-likeness (QED) is 0.665. The van der Waals surface area contributed by atoms with Crippen LogP contribution in [0.3, 0.4) is 0 Å². The van der Waals surface area contributed by atoms with E-state index in [0.29, 0.717) is 6.04 Å². The summed E-state index contributed by atoms with van der Waals surface area (Å²) >= 11 is 0. The lowest BCUT2D eigenvalue weighted by molar-refractivity contribution is 0.182. The first-order chi connectivity index (χ1) is 8.59. The summed E-state index contributed by atoms with van der Waals surface area (Å²) in [4.78, 5) is 2.59. The van der Waals surface area contributed by atoms with Gasteiger partial charge in [0, 0.05) is 18.6 Å². The second-order valence-electron chi connectivity index (χ2n) is 6.54. The Bertz CT molecular complexity index is 197. The molecule has 1 aliphatic carbocycles. The van der Waals surface area contributed by atoms with E-state index >= 15 is 0 Å². The molecule has 0 aromatic heterocycles. The number of rotatable bonds is 8. The minimum absolute atomic E-state index is 0.625. The van der Waals surface area contributed by atoms with Crippen LogP contribution in [-0.4, -0.2) is 37.1 Å². The predicted molar refractivity (Wildman–Crippen MR) is 81.0 cm³/mol. The maximum Gasteiger partial charge on any atom is 0.00644 e. The summed E-state index contributed by atoms with van der Waals surface area (Å²) in [6, 6.07) is 1.36. The largest absolute Gasteiger partial charge is 0.315 e. The van der Waals surface area contributed by atoms with E-state index in [0.717, 1.165) is 12.0 Å². The lowest BCUT2D eigenvalue weighted by Crippen LogP contribution is -2.35. The molecule has 18 heavy (non-hydrogen) atoms. The summed E-state index contributed by atoms with van der Waals surface area (Å²) in [5.41, 5.74) is 0. The highest BCUT2D eigenvalue weighted by Crippen LogP contribution is 2.24. The van der Waals surface area contributed by atoms with Crippen LogP contribution < -0.4 is 5.32 Å². The van der Waals surface area contributed by atoms with E-state index in [9.17, 15) is 0 Å². The maximum atomic E-state index is 3.50. The first-order valence-corrected chi connectivity index (χ1v) is 8.03. The van der Waals surface area contributed by atoms with Gasteiger partial charge in [-0.05, 0) is 52.1 Å². The lowest BCUT2D eigenvalue weighted by atomic mass is 9.88. The highest BCUT2D eigenvalue weighted by atomic mass is 15.1. The summed E-state index contributed by atoms with van der Waals surface area (Å²) in [5, 5.41) is 3.50. The van der Waals surface area contributed by atoms with Crippen molar-refractivity contribution < 1.29 is 0 Å². The van der Waals surface area contributed by atoms with Gasteiger partial charge in [-0.25, -0.2) is 0 Å². The zero-order valence-electron chi connectivity index (χ0n) is 13.0. The molecule has 1 fully saturated rings. The minimum atomic E-state index is 0.625. The molecule has 1 unspecified atom stereocenters. The molecule has 1 atom stereocenters. The summed E-state index contributed by atoms with van der Waals surface area (Å²) in [6.07, 6.45) is 9.95. The minimum Gasteiger partial charge on any atom is -0.315 e. The van der Waals surface area contributed by atoms with E-state index in [4.69, 9.17) is 0 Å². The van der Waals surface area contributed by atoms with Crippen molar-refractivity contribution in [2.45, 2.75) is 77.8 Å². The van der Waals surface area contributed by atoms with Crippen molar-refractivity contribution in [3.05, 3.63) is 0 Å². The van der Waals surface area contributed by atoms with Crippen LogP contribution in [0.5, 0.6) is 0 Å². The van der Waals surface area contributed by atoms with Crippen molar-refractivity contribution in [2.75, 3.05) is 20.1 Å². The molecule has 1 saturated carbocycles. The average molecular weight is 254 g/mol. The van der Waals surface area contributed by atoms with Gasteiger partial charge in [-0.2, -0.15) is 0 Å². The molecular formula is C16H34N2. The molecule has 0 aromatic rings. The third kappa shape index (κ3) is 6.75. The molecule has 1 N–H and O–H groups in total. The number of hydrogen-bond acceptors (Lipinski definition) is 2. The second kappa shape index (κ2) is 8.92. The first-order valence-electron chi connectivity index (χ1n) is 8.03. The predicted octanol–water partition coefficient (Wildman–Crippen LogP) is 3.67. The summed E-state index contributed by atoms with van der Waals surface area (Å²) in [7, 11) is 2.31. The Morgan fingerprint density at radius 1 is 1.11 bits per heavy atom. The Morgan fingerprint density at radius 2 is 1.78 bits per heavy atom. The summed E-state index contributed by atoms with van der Waals surface area (Å²) in [5.74, 6) is 0.972. The SMILES string of the molecule is CC(C)NCCCC(C)N(C)CC1CCCCC1. The molecule has 0 spiro atoms. The van der Waals surface area contributed by atoms with E-state index in [1.165, 1.54) is 58.0 Å². The third-order valence-electron chi connectivity index (χ3n) is 4.37. The standard InChI is InChI=1S/C16H34N2/c1-14(2)17-12-8-9-15(3)18(4)13-16-10-6-5-7-11-16/h14-17H,5-13H2,1-4H3. The fourth-order valence-electron chi connectivity index (χ4n) is 2.97. The van der Waals surface area contributed by atoms with Crippen molar-refractivity contribution in [2.24, 2.45) is 5.92 Å². The van der Waals surface area contributed by atoms with Crippen LogP contribution in [0.1, 0.15) is 65.7 Å². The van der Waals surface area contributed by atoms with Crippen molar-refractivity contribution >= 4 is 0 Å². The molecule has 0 heterocycles. The van der Waals surface area contributed by atoms with Gasteiger partial charge in [-0.15, -0.1) is 0 Å². The molecule has 2 nitrogen and oxygen atoms in total. The van der Waals surface area contributed by atoms with Gasteiger partial charge in [0.05, 0.1) is 0 Å². The van der Waals surface area contributed by atoms with E-state index in [1.807, 2.05) is 0 Å². The topological polar surface area (TPSA) is 15.3 Å². The Kier molecular flexibility index (Phi) is 7.92. The van der Waals surface area contributed by atoms with Crippen LogP contribution in [-0.2, 0) is 0 Å². The van der Waals surface area contributed by atoms with Crippen molar-refractivity contribution in [3.63, 3.8) is 0 Å². The Hall–Kier alpha value is -0.0800. The van der Waals surface area contributed by atoms with Crippen molar-refractivity contribution in [1.82, 2.24) is 10.2 Å². The molecular weight excluding hydrogens is 220 g/mol. The normalized spacial score (nSPS) is 19.7. The lowest BCUT2D eigenvalue weighted by Gasteiger charge is -2.31. The fraction of sp³-hybridized carbons (Fsp3) is 1.00. The molecule has 1 rings (SSSR count). The molecule has 0 aromatic carbocycles. The van der Waals surface area contributed by atoms with Gasteiger partial charge >= 0.3 is 0 Å². The van der Waals surface area contributed by atoms with Crippen molar-refractivity contribution in [3.8, 4) is 0 Å². The Morgan fingerprint density at radius 3 is 2.39 bits per heavy atom. The van der Waals surface area contributed by atoms with Crippen LogP contribution in [0.25, 0.3) is 0 Å². The average Bonchev–Trinajstić information content (AvgIpc) is 2.35. The van der Waals surface area contributed by atoms with Gasteiger partial charge in [0.2, 0.25) is 0 Å². The van der Waals surface area contributed by atoms with Gasteiger partial charge in [0.15, 0.2) is 0 Å². The van der Waals surface area contributed by atoms with E-state index in [2.05, 4.69) is 38.0 Å². The number of hydrogen-bond donors (Lipinski definition) is 1. The smallest absolute Gasteiger partial charge is 0.00644 e. The van der Waals surface area contributed by atoms with Gasteiger partial charge in [0.25, 0.3) is 0 Å². The third-order valence-corrected chi connectivity index (χ3v) is 4.37. The molecule has 1 aliphatic rings. The molecule has 0 aliphatic heterocycles. The van der Waals surface area contributed by atoms with Crippen LogP contribution in [0, 0.1) is 5.92 Å². The van der Waals surface area contributed by atoms with E-state index < -0.39 is 0 Å². The second-order valence-corrected chi connectivity index (χ2v) is 6.54. The van der Waals surface area contributed by atoms with Gasteiger partial charge in [-0.3, -0.25) is 0 Å². The Balaban J connectivity index is 2.09. The van der Waals surface area contributed by atoms with Crippen LogP contribution >= 0.6 is 0 Å². The molecule has 0 amide bonds. The number of nitrogens with one attached hydrogen (secondary N) is 1. The van der Waals surface area contributed by atoms with Crippen molar-refractivity contribution in [1.29, 1.82) is 0 Å². The van der Waals surface area contributed by atoms with Gasteiger partial charge in [-0.1, -0.05) is 33.1 Å². The highest BCUT2D eigenvalue weighted by Gasteiger charge is 2.17.